The second kappa shape index (κ2) is 32.8. The molecule has 0 spiro atoms. The predicted molar refractivity (Wildman–Crippen MR) is 296 cm³/mol. The first-order valence-electron chi connectivity index (χ1n) is 29.4. The van der Waals surface area contributed by atoms with Crippen molar-refractivity contribution in [3.63, 3.8) is 0 Å². The lowest BCUT2D eigenvalue weighted by Crippen LogP contribution is -2.61. The number of cyclic esters (lactones) is 1. The first kappa shape index (κ1) is 65.3. The standard InChI is InChI=1S/C61H98N2O15/c1-40-18-11-10-12-19-41(2)52(76-30-16-15-29-64)38-48-23-21-46(7)61(71,78-48)58(68)59(69)63-26-14-13-20-49(63)60(70)77-53(39-50(65)42(3)35-45(6)56(67)57(73-9)55(66)44(5)34-40)43(4)36-47-22-24-51(54(37-47)72-8)75-31-17-25-62-27-32-74-33-28-62/h10-12,18-19,35,40,42-44,46-49,51-54,56-57,64,67,71H,13-17,20-34,36-39H2,1-9H3/b12-10+,18-11+,41-19+,45-35+/t40-,42-,43?,44-,46-,47+,48+,49+,51-,52+,53+,54-,56-,57+,61-/m1/s1. The van der Waals surface area contributed by atoms with Crippen molar-refractivity contribution in [3.8, 4) is 0 Å². The lowest BCUT2D eigenvalue weighted by atomic mass is 9.78. The molecule has 78 heavy (non-hydrogen) atoms. The number of carbonyl (C=O) groups excluding carboxylic acids is 5. The quantitative estimate of drug-likeness (QED) is 0.0647. The molecule has 2 bridgehead atoms. The van der Waals surface area contributed by atoms with Gasteiger partial charge in [-0.2, -0.15) is 0 Å². The van der Waals surface area contributed by atoms with Crippen molar-refractivity contribution in [2.45, 2.75) is 199 Å². The summed E-state index contributed by atoms with van der Waals surface area (Å²) < 4.78 is 42.6. The van der Waals surface area contributed by atoms with Gasteiger partial charge in [0.2, 0.25) is 5.79 Å². The van der Waals surface area contributed by atoms with Crippen LogP contribution >= 0.6 is 0 Å². The summed E-state index contributed by atoms with van der Waals surface area (Å²) in [5, 5.41) is 33.2. The zero-order chi connectivity index (χ0) is 56.9. The third kappa shape index (κ3) is 19.1. The highest BCUT2D eigenvalue weighted by atomic mass is 16.6. The third-order valence-corrected chi connectivity index (χ3v) is 17.1. The van der Waals surface area contributed by atoms with E-state index in [0.717, 1.165) is 64.1 Å². The zero-order valence-corrected chi connectivity index (χ0v) is 48.7. The summed E-state index contributed by atoms with van der Waals surface area (Å²) in [6.07, 6.45) is 14.4. The number of fused-ring (bicyclic) bond motifs is 3. The molecule has 1 aliphatic carbocycles. The van der Waals surface area contributed by atoms with Crippen LogP contribution in [-0.4, -0.2) is 182 Å². The summed E-state index contributed by atoms with van der Waals surface area (Å²) in [5.41, 5.74) is 1.26. The molecule has 1 saturated carbocycles. The van der Waals surface area contributed by atoms with Crippen LogP contribution in [0.25, 0.3) is 0 Å². The highest BCUT2D eigenvalue weighted by molar-refractivity contribution is 6.39. The van der Waals surface area contributed by atoms with Gasteiger partial charge in [0.05, 0.1) is 37.6 Å². The number of methoxy groups -OCH3 is 2. The molecule has 0 aromatic rings. The Hall–Kier alpha value is -3.49. The predicted octanol–water partition coefficient (Wildman–Crippen LogP) is 7.07. The van der Waals surface area contributed by atoms with Crippen LogP contribution in [0.1, 0.15) is 145 Å². The van der Waals surface area contributed by atoms with Crippen molar-refractivity contribution in [2.75, 3.05) is 73.4 Å². The molecule has 1 amide bonds. The van der Waals surface area contributed by atoms with Gasteiger partial charge in [0.1, 0.15) is 30.1 Å². The molecule has 1 unspecified atom stereocenters. The number of carbonyl (C=O) groups is 5. The first-order valence-corrected chi connectivity index (χ1v) is 29.4. The Morgan fingerprint density at radius 2 is 1.55 bits per heavy atom. The average molecular weight is 1100 g/mol. The molecule has 0 radical (unpaired) electrons. The van der Waals surface area contributed by atoms with Gasteiger partial charge < -0.3 is 53.4 Å². The normalized spacial score (nSPS) is 37.1. The Kier molecular flexibility index (Phi) is 27.5. The zero-order valence-electron chi connectivity index (χ0n) is 48.7. The van der Waals surface area contributed by atoms with Crippen molar-refractivity contribution < 1.29 is 72.5 Å². The van der Waals surface area contributed by atoms with E-state index in [2.05, 4.69) is 4.90 Å². The summed E-state index contributed by atoms with van der Waals surface area (Å²) >= 11 is 0. The number of aliphatic hydroxyl groups is 3. The van der Waals surface area contributed by atoms with E-state index in [1.165, 1.54) is 12.0 Å². The van der Waals surface area contributed by atoms with E-state index in [9.17, 15) is 39.3 Å². The summed E-state index contributed by atoms with van der Waals surface area (Å²) in [4.78, 5) is 75.5. The highest BCUT2D eigenvalue weighted by Crippen LogP contribution is 2.38. The number of ether oxygens (including phenoxy) is 7. The van der Waals surface area contributed by atoms with Gasteiger partial charge in [-0.25, -0.2) is 4.79 Å². The second-order valence-corrected chi connectivity index (χ2v) is 23.3. The largest absolute Gasteiger partial charge is 0.460 e. The van der Waals surface area contributed by atoms with E-state index in [1.54, 1.807) is 34.0 Å². The molecule has 17 heteroatoms. The van der Waals surface area contributed by atoms with Gasteiger partial charge in [-0.15, -0.1) is 0 Å². The van der Waals surface area contributed by atoms with E-state index in [-0.39, 0.29) is 73.9 Å². The number of allylic oxidation sites excluding steroid dienone is 6. The van der Waals surface area contributed by atoms with Gasteiger partial charge in [-0.05, 0) is 126 Å². The molecule has 442 valence electrons. The molecule has 15 atom stereocenters. The number of amides is 1. The van der Waals surface area contributed by atoms with Gasteiger partial charge in [-0.3, -0.25) is 24.1 Å². The monoisotopic (exact) mass is 1100 g/mol. The average Bonchev–Trinajstić information content (AvgIpc) is 3.47. The van der Waals surface area contributed by atoms with Crippen molar-refractivity contribution in [1.82, 2.24) is 9.80 Å². The van der Waals surface area contributed by atoms with Crippen molar-refractivity contribution in [3.05, 3.63) is 47.6 Å². The maximum atomic E-state index is 14.7. The Morgan fingerprint density at radius 1 is 0.808 bits per heavy atom. The number of nitrogens with zero attached hydrogens (tertiary/aromatic N) is 2. The van der Waals surface area contributed by atoms with Crippen LogP contribution in [0.3, 0.4) is 0 Å². The minimum Gasteiger partial charge on any atom is -0.460 e. The summed E-state index contributed by atoms with van der Waals surface area (Å²) in [6, 6.07) is -1.15. The van der Waals surface area contributed by atoms with Crippen LogP contribution in [0.15, 0.2) is 47.6 Å². The van der Waals surface area contributed by atoms with E-state index >= 15 is 0 Å². The van der Waals surface area contributed by atoms with Crippen LogP contribution < -0.4 is 0 Å². The van der Waals surface area contributed by atoms with E-state index in [0.29, 0.717) is 70.2 Å². The van der Waals surface area contributed by atoms with Crippen LogP contribution in [0.4, 0.5) is 0 Å². The van der Waals surface area contributed by atoms with Gasteiger partial charge in [-0.1, -0.05) is 71.1 Å². The van der Waals surface area contributed by atoms with Crippen LogP contribution in [0, 0.1) is 35.5 Å². The topological polar surface area (TPSA) is 217 Å². The van der Waals surface area contributed by atoms with Crippen LogP contribution in [0.5, 0.6) is 0 Å². The minimum absolute atomic E-state index is 0.00281. The fraction of sp³-hybridized carbons (Fsp3) is 0.787. The van der Waals surface area contributed by atoms with E-state index in [1.807, 2.05) is 58.1 Å². The smallest absolute Gasteiger partial charge is 0.329 e. The van der Waals surface area contributed by atoms with Gasteiger partial charge in [0, 0.05) is 90.8 Å². The van der Waals surface area contributed by atoms with Crippen molar-refractivity contribution >= 4 is 29.2 Å². The number of hydrogen-bond acceptors (Lipinski definition) is 16. The van der Waals surface area contributed by atoms with Crippen LogP contribution in [-0.2, 0) is 57.1 Å². The molecule has 4 aliphatic heterocycles. The number of unbranched alkanes of at least 4 members (excludes halogenated alkanes) is 1. The maximum absolute atomic E-state index is 14.7. The number of morpholine rings is 1. The molecule has 5 rings (SSSR count). The van der Waals surface area contributed by atoms with Crippen molar-refractivity contribution in [2.24, 2.45) is 35.5 Å². The third-order valence-electron chi connectivity index (χ3n) is 17.1. The molecule has 0 aromatic heterocycles. The minimum atomic E-state index is -2.47. The maximum Gasteiger partial charge on any atom is 0.329 e. The van der Waals surface area contributed by atoms with Gasteiger partial charge in [0.25, 0.3) is 11.7 Å². The molecule has 4 fully saturated rings. The number of rotatable bonds is 15. The Morgan fingerprint density at radius 3 is 2.27 bits per heavy atom. The van der Waals surface area contributed by atoms with Crippen LogP contribution in [0.2, 0.25) is 0 Å². The van der Waals surface area contributed by atoms with Gasteiger partial charge in [0.15, 0.2) is 5.78 Å². The summed E-state index contributed by atoms with van der Waals surface area (Å²) in [6.45, 7) is 18.2. The SMILES string of the molecule is CO[C@@H]1C[C@H](CC(C)[C@@H]2CC(=O)[C@H](C)/C=C(\C)[C@@H](O)[C@@H](OC)C(=O)[C@H](C)C[C@H](C)/C=C/C=C/C=C(\C)[C@@H](OCCCCO)C[C@@H]3CC[C@@H](C)[C@@](O)(O3)C(=O)C(=O)N3CCCC[C@H]3C(=O)O2)CC[C@H]1OCCCN1CCOCC1. The number of hydrogen-bond donors (Lipinski definition) is 3. The molecule has 3 N–H and O–H groups in total. The summed E-state index contributed by atoms with van der Waals surface area (Å²) in [7, 11) is 3.09. The number of aliphatic hydroxyl groups excluding tert-OH is 2. The fourth-order valence-corrected chi connectivity index (χ4v) is 12.0. The van der Waals surface area contributed by atoms with Gasteiger partial charge >= 0.3 is 5.97 Å². The highest BCUT2D eigenvalue weighted by Gasteiger charge is 2.53. The Balaban J connectivity index is 1.42. The lowest BCUT2D eigenvalue weighted by molar-refractivity contribution is -0.266. The van der Waals surface area contributed by atoms with E-state index < -0.39 is 77.8 Å². The first-order chi connectivity index (χ1) is 37.3. The molecule has 0 aromatic carbocycles. The number of ketones is 3. The fourth-order valence-electron chi connectivity index (χ4n) is 12.0. The van der Waals surface area contributed by atoms with Crippen molar-refractivity contribution in [1.29, 1.82) is 0 Å². The summed E-state index contributed by atoms with van der Waals surface area (Å²) in [5.74, 6) is -7.99. The Bertz CT molecular complexity index is 2040. The number of esters is 1. The molecular formula is C61H98N2O15. The molecule has 17 nitrogen and oxygen atoms in total. The molecule has 3 saturated heterocycles. The molecule has 5 aliphatic rings. The Labute approximate surface area is 465 Å². The molecule has 4 heterocycles. The van der Waals surface area contributed by atoms with E-state index in [4.69, 9.17) is 33.2 Å². The second-order valence-electron chi connectivity index (χ2n) is 23.3. The molecular weight excluding hydrogens is 1000 g/mol. The number of Topliss-reactive ketones (excluding diaryl/α,β-unsaturated/α-hetero) is 3. The lowest BCUT2D eigenvalue weighted by Gasteiger charge is -2.43. The number of piperidine rings is 1.